The fourth-order valence-electron chi connectivity index (χ4n) is 5.87. The van der Waals surface area contributed by atoms with Crippen LogP contribution in [-0.2, 0) is 50.3 Å². The highest BCUT2D eigenvalue weighted by atomic mass is 16.6. The Labute approximate surface area is 254 Å². The first-order valence-corrected chi connectivity index (χ1v) is 14.6. The number of hydrogen-bond acceptors (Lipinski definition) is 7. The molecule has 2 aliphatic rings. The smallest absolute Gasteiger partial charge is 0.335 e. The molecule has 4 atom stereocenters. The van der Waals surface area contributed by atoms with E-state index in [1.165, 1.54) is 10.8 Å². The Hall–Kier alpha value is -4.35. The van der Waals surface area contributed by atoms with E-state index in [0.29, 0.717) is 12.2 Å². The minimum Gasteiger partial charge on any atom is -0.374 e. The van der Waals surface area contributed by atoms with Gasteiger partial charge in [-0.25, -0.2) is 9.36 Å². The molecule has 1 N–H and O–H groups in total. The summed E-state index contributed by atoms with van der Waals surface area (Å²) >= 11 is 0. The van der Waals surface area contributed by atoms with Crippen LogP contribution >= 0.6 is 0 Å². The van der Waals surface area contributed by atoms with Gasteiger partial charge in [0.1, 0.15) is 24.5 Å². The lowest BCUT2D eigenvalue weighted by atomic mass is 9.87. The van der Waals surface area contributed by atoms with E-state index in [9.17, 15) is 14.4 Å². The van der Waals surface area contributed by atoms with Crippen LogP contribution in [0.25, 0.3) is 0 Å². The summed E-state index contributed by atoms with van der Waals surface area (Å²) in [6.07, 6.45) is -0.123. The summed E-state index contributed by atoms with van der Waals surface area (Å²) in [7, 11) is 0. The monoisotopic (exact) mass is 597 g/mol. The van der Waals surface area contributed by atoms with Gasteiger partial charge in [-0.05, 0) is 23.6 Å². The van der Waals surface area contributed by atoms with Crippen LogP contribution in [-0.4, -0.2) is 39.4 Å². The number of nitrogens with zero attached hydrogens (tertiary/aromatic N) is 2. The predicted molar refractivity (Wildman–Crippen MR) is 161 cm³/mol. The summed E-state index contributed by atoms with van der Waals surface area (Å²) in [6.45, 7) is 2.28. The average Bonchev–Trinajstić information content (AvgIpc) is 3.23. The number of carbonyl (C=O) groups is 1. The standard InChI is InChI=1S/C34H35N3O7/c1-24-18-36(33(40)37(31(24)39)23-42-20-26-13-7-3-8-14-26)32-29-30(43-21-27-15-9-4-10-16-27)34(44-32,17-28(38)35-29)22-41-19-25-11-5-2-6-12-25/h2-16,18,29-30,32H,17,19-23H2,1H3,(H,35,38)/t29-,30+,32-,34-/m1/s1. The number of fused-ring (bicyclic) bond motifs is 2. The molecule has 0 aliphatic carbocycles. The second-order valence-corrected chi connectivity index (χ2v) is 11.2. The van der Waals surface area contributed by atoms with Crippen LogP contribution in [0.4, 0.5) is 0 Å². The molecule has 6 rings (SSSR count). The Morgan fingerprint density at radius 2 is 1.39 bits per heavy atom. The second-order valence-electron chi connectivity index (χ2n) is 11.2. The summed E-state index contributed by atoms with van der Waals surface area (Å²) in [5, 5.41) is 3.00. The van der Waals surface area contributed by atoms with Gasteiger partial charge in [-0.1, -0.05) is 91.0 Å². The Morgan fingerprint density at radius 3 is 2.00 bits per heavy atom. The minimum absolute atomic E-state index is 0.0121. The van der Waals surface area contributed by atoms with Gasteiger partial charge >= 0.3 is 5.69 Å². The molecule has 2 bridgehead atoms. The highest BCUT2D eigenvalue weighted by Crippen LogP contribution is 2.44. The number of benzene rings is 3. The van der Waals surface area contributed by atoms with Crippen molar-refractivity contribution < 1.29 is 23.7 Å². The van der Waals surface area contributed by atoms with Crippen molar-refractivity contribution in [1.29, 1.82) is 0 Å². The highest BCUT2D eigenvalue weighted by molar-refractivity contribution is 5.79. The van der Waals surface area contributed by atoms with E-state index in [-0.39, 0.29) is 38.9 Å². The number of hydrogen-bond donors (Lipinski definition) is 1. The van der Waals surface area contributed by atoms with E-state index in [2.05, 4.69) is 5.32 Å². The van der Waals surface area contributed by atoms with Gasteiger partial charge < -0.3 is 24.3 Å². The third-order valence-corrected chi connectivity index (χ3v) is 8.00. The average molecular weight is 598 g/mol. The number of aromatic nitrogens is 2. The van der Waals surface area contributed by atoms with Crippen molar-refractivity contribution in [1.82, 2.24) is 14.5 Å². The van der Waals surface area contributed by atoms with Gasteiger partial charge in [-0.15, -0.1) is 0 Å². The lowest BCUT2D eigenvalue weighted by Gasteiger charge is -2.38. The molecular weight excluding hydrogens is 562 g/mol. The first-order valence-electron chi connectivity index (χ1n) is 14.6. The molecule has 2 fully saturated rings. The van der Waals surface area contributed by atoms with Gasteiger partial charge in [-0.3, -0.25) is 14.2 Å². The van der Waals surface area contributed by atoms with Crippen LogP contribution in [0.3, 0.4) is 0 Å². The van der Waals surface area contributed by atoms with Crippen LogP contribution < -0.4 is 16.6 Å². The molecule has 2 saturated heterocycles. The van der Waals surface area contributed by atoms with E-state index in [0.717, 1.165) is 21.3 Å². The Bertz CT molecular complexity index is 1690. The number of rotatable bonds is 12. The molecule has 4 aromatic rings. The van der Waals surface area contributed by atoms with Crippen LogP contribution in [0.1, 0.15) is 34.9 Å². The topological polar surface area (TPSA) is 110 Å². The van der Waals surface area contributed by atoms with Crippen LogP contribution in [0.5, 0.6) is 0 Å². The van der Waals surface area contributed by atoms with Gasteiger partial charge in [0.2, 0.25) is 5.91 Å². The van der Waals surface area contributed by atoms with Crippen molar-refractivity contribution in [2.24, 2.45) is 0 Å². The zero-order chi connectivity index (χ0) is 30.5. The summed E-state index contributed by atoms with van der Waals surface area (Å²) in [6, 6.07) is 28.2. The van der Waals surface area contributed by atoms with E-state index < -0.39 is 35.2 Å². The summed E-state index contributed by atoms with van der Waals surface area (Å²) < 4.78 is 27.4. The molecule has 3 aromatic carbocycles. The summed E-state index contributed by atoms with van der Waals surface area (Å²) in [4.78, 5) is 39.9. The molecule has 44 heavy (non-hydrogen) atoms. The highest BCUT2D eigenvalue weighted by Gasteiger charge is 2.61. The van der Waals surface area contributed by atoms with Gasteiger partial charge in [0.15, 0.2) is 6.23 Å². The third kappa shape index (κ3) is 6.29. The molecule has 0 radical (unpaired) electrons. The van der Waals surface area contributed by atoms with E-state index >= 15 is 0 Å². The quantitative estimate of drug-likeness (QED) is 0.266. The number of aryl methyl sites for hydroxylation is 1. The van der Waals surface area contributed by atoms with Crippen molar-refractivity contribution in [3.05, 3.63) is 140 Å². The summed E-state index contributed by atoms with van der Waals surface area (Å²) in [5.41, 5.74) is 0.953. The molecule has 0 unspecified atom stereocenters. The molecule has 228 valence electrons. The molecule has 10 heteroatoms. The fraction of sp³-hybridized carbons (Fsp3) is 0.324. The number of nitrogens with one attached hydrogen (secondary N) is 1. The maximum Gasteiger partial charge on any atom is 0.335 e. The first-order chi connectivity index (χ1) is 21.4. The number of carbonyl (C=O) groups excluding carboxylic acids is 1. The Morgan fingerprint density at radius 1 is 0.818 bits per heavy atom. The Balaban J connectivity index is 1.30. The van der Waals surface area contributed by atoms with Gasteiger partial charge in [0.05, 0.1) is 32.8 Å². The van der Waals surface area contributed by atoms with Crippen LogP contribution in [0.2, 0.25) is 0 Å². The van der Waals surface area contributed by atoms with Crippen LogP contribution in [0.15, 0.2) is 107 Å². The van der Waals surface area contributed by atoms with E-state index in [1.807, 2.05) is 91.0 Å². The van der Waals surface area contributed by atoms with Crippen LogP contribution in [0, 0.1) is 6.92 Å². The fourth-order valence-corrected chi connectivity index (χ4v) is 5.87. The molecule has 1 aromatic heterocycles. The molecule has 0 spiro atoms. The molecule has 10 nitrogen and oxygen atoms in total. The van der Waals surface area contributed by atoms with Gasteiger partial charge in [-0.2, -0.15) is 0 Å². The third-order valence-electron chi connectivity index (χ3n) is 8.00. The van der Waals surface area contributed by atoms with Crippen molar-refractivity contribution in [3.63, 3.8) is 0 Å². The van der Waals surface area contributed by atoms with Gasteiger partial charge in [0, 0.05) is 11.8 Å². The SMILES string of the molecule is Cc1cn([C@@H]2O[C@@]3(COCc4ccccc4)CC(=O)N[C@@H]2[C@@H]3OCc2ccccc2)c(=O)n(COCc2ccccc2)c1=O. The second kappa shape index (κ2) is 13.1. The Kier molecular flexibility index (Phi) is 8.85. The lowest BCUT2D eigenvalue weighted by molar-refractivity contribution is -0.169. The van der Waals surface area contributed by atoms with Crippen molar-refractivity contribution in [2.45, 2.75) is 63.9 Å². The number of piperidine rings is 1. The lowest BCUT2D eigenvalue weighted by Crippen LogP contribution is -2.60. The number of amides is 1. The molecule has 3 heterocycles. The molecular formula is C34H35N3O7. The number of ether oxygens (including phenoxy) is 4. The molecule has 0 saturated carbocycles. The maximum atomic E-state index is 13.8. The molecule has 1 amide bonds. The van der Waals surface area contributed by atoms with Crippen molar-refractivity contribution in [2.75, 3.05) is 6.61 Å². The maximum absolute atomic E-state index is 13.8. The minimum atomic E-state index is -1.17. The van der Waals surface area contributed by atoms with Crippen molar-refractivity contribution >= 4 is 5.91 Å². The summed E-state index contributed by atoms with van der Waals surface area (Å²) in [5.74, 6) is -0.232. The van der Waals surface area contributed by atoms with Gasteiger partial charge in [0.25, 0.3) is 5.56 Å². The van der Waals surface area contributed by atoms with Crippen molar-refractivity contribution in [3.8, 4) is 0 Å². The zero-order valence-electron chi connectivity index (χ0n) is 24.5. The normalized spacial score (nSPS) is 22.6. The predicted octanol–water partition coefficient (Wildman–Crippen LogP) is 3.45. The van der Waals surface area contributed by atoms with E-state index in [1.54, 1.807) is 6.92 Å². The van der Waals surface area contributed by atoms with E-state index in [4.69, 9.17) is 18.9 Å². The molecule has 2 aliphatic heterocycles. The first kappa shape index (κ1) is 29.7. The zero-order valence-corrected chi connectivity index (χ0v) is 24.5. The largest absolute Gasteiger partial charge is 0.374 e.